The first-order chi connectivity index (χ1) is 8.35. The molecule has 102 valence electrons. The van der Waals surface area contributed by atoms with Gasteiger partial charge >= 0.3 is 0 Å². The maximum Gasteiger partial charge on any atom is 0.0304 e. The maximum atomic E-state index is 3.56. The van der Waals surface area contributed by atoms with Crippen LogP contribution in [0.1, 0.15) is 48.9 Å². The number of rotatable bonds is 5. The van der Waals surface area contributed by atoms with Gasteiger partial charge in [0, 0.05) is 34.4 Å². The smallest absolute Gasteiger partial charge is 0.0304 e. The van der Waals surface area contributed by atoms with Gasteiger partial charge in [-0.15, -0.1) is 11.3 Å². The third-order valence-electron chi connectivity index (χ3n) is 3.45. The van der Waals surface area contributed by atoms with E-state index in [1.54, 1.807) is 0 Å². The highest BCUT2D eigenvalue weighted by Gasteiger charge is 2.26. The summed E-state index contributed by atoms with van der Waals surface area (Å²) in [6.07, 6.45) is 2.77. The first-order valence-electron chi connectivity index (χ1n) is 6.88. The zero-order valence-electron chi connectivity index (χ0n) is 12.3. The number of nitrogens with one attached hydrogen (secondary N) is 1. The molecule has 1 fully saturated rings. The molecule has 2 nitrogen and oxygen atoms in total. The molecule has 1 aliphatic carbocycles. The van der Waals surface area contributed by atoms with Crippen molar-refractivity contribution in [3.63, 3.8) is 0 Å². The van der Waals surface area contributed by atoms with Gasteiger partial charge in [-0.1, -0.05) is 0 Å². The molecule has 18 heavy (non-hydrogen) atoms. The summed E-state index contributed by atoms with van der Waals surface area (Å²) in [4.78, 5) is 5.44. The summed E-state index contributed by atoms with van der Waals surface area (Å²) in [5.74, 6) is 0. The first kappa shape index (κ1) is 14.0. The Hall–Kier alpha value is -0.380. The lowest BCUT2D eigenvalue weighted by atomic mass is 10.1. The minimum Gasteiger partial charge on any atom is -0.307 e. The average Bonchev–Trinajstić information content (AvgIpc) is 3.02. The van der Waals surface area contributed by atoms with E-state index >= 15 is 0 Å². The van der Waals surface area contributed by atoms with Gasteiger partial charge in [-0.3, -0.25) is 4.90 Å². The van der Waals surface area contributed by atoms with Gasteiger partial charge < -0.3 is 5.32 Å². The van der Waals surface area contributed by atoms with Gasteiger partial charge in [0.25, 0.3) is 0 Å². The summed E-state index contributed by atoms with van der Waals surface area (Å²) < 4.78 is 0. The topological polar surface area (TPSA) is 15.3 Å². The summed E-state index contributed by atoms with van der Waals surface area (Å²) in [6.45, 7) is 11.0. The SMILES string of the molecule is Cc1sc(CNC(C)(C)C)cc1CN(C)C1CC1. The normalized spacial score (nSPS) is 16.6. The first-order valence-corrected chi connectivity index (χ1v) is 7.70. The summed E-state index contributed by atoms with van der Waals surface area (Å²) in [5, 5.41) is 3.56. The van der Waals surface area contributed by atoms with E-state index in [1.807, 2.05) is 11.3 Å². The Balaban J connectivity index is 1.93. The molecule has 1 aliphatic rings. The van der Waals surface area contributed by atoms with Crippen molar-refractivity contribution in [3.8, 4) is 0 Å². The highest BCUT2D eigenvalue weighted by molar-refractivity contribution is 7.12. The van der Waals surface area contributed by atoms with Crippen LogP contribution in [0.2, 0.25) is 0 Å². The van der Waals surface area contributed by atoms with Gasteiger partial charge in [-0.05, 0) is 59.2 Å². The zero-order valence-corrected chi connectivity index (χ0v) is 13.2. The van der Waals surface area contributed by atoms with Crippen LogP contribution in [0.15, 0.2) is 6.07 Å². The van der Waals surface area contributed by atoms with E-state index in [0.29, 0.717) is 0 Å². The number of hydrogen-bond donors (Lipinski definition) is 1. The predicted molar refractivity (Wildman–Crippen MR) is 80.1 cm³/mol. The fourth-order valence-corrected chi connectivity index (χ4v) is 3.09. The lowest BCUT2D eigenvalue weighted by molar-refractivity contribution is 0.316. The molecule has 0 atom stereocenters. The molecule has 0 radical (unpaired) electrons. The van der Waals surface area contributed by atoms with Crippen LogP contribution in [0, 0.1) is 6.92 Å². The molecule has 0 bridgehead atoms. The van der Waals surface area contributed by atoms with Crippen molar-refractivity contribution in [2.45, 2.75) is 65.2 Å². The number of aryl methyl sites for hydroxylation is 1. The second-order valence-electron chi connectivity index (χ2n) is 6.54. The van der Waals surface area contributed by atoms with Gasteiger partial charge in [0.05, 0.1) is 0 Å². The van der Waals surface area contributed by atoms with E-state index < -0.39 is 0 Å². The van der Waals surface area contributed by atoms with Gasteiger partial charge in [-0.2, -0.15) is 0 Å². The molecule has 1 saturated carbocycles. The molecule has 0 unspecified atom stereocenters. The van der Waals surface area contributed by atoms with Crippen molar-refractivity contribution in [2.24, 2.45) is 0 Å². The third-order valence-corrected chi connectivity index (χ3v) is 4.55. The van der Waals surface area contributed by atoms with Crippen molar-refractivity contribution in [3.05, 3.63) is 21.4 Å². The predicted octanol–water partition coefficient (Wildman–Crippen LogP) is 3.54. The third kappa shape index (κ3) is 4.08. The Bertz CT molecular complexity index is 399. The Morgan fingerprint density at radius 1 is 1.39 bits per heavy atom. The van der Waals surface area contributed by atoms with Crippen LogP contribution in [0.5, 0.6) is 0 Å². The molecule has 2 rings (SSSR count). The van der Waals surface area contributed by atoms with E-state index in [9.17, 15) is 0 Å². The van der Waals surface area contributed by atoms with Crippen LogP contribution in [0.3, 0.4) is 0 Å². The van der Waals surface area contributed by atoms with E-state index in [0.717, 1.165) is 19.1 Å². The monoisotopic (exact) mass is 266 g/mol. The molecule has 1 N–H and O–H groups in total. The molecule has 3 heteroatoms. The minimum atomic E-state index is 0.197. The highest BCUT2D eigenvalue weighted by Crippen LogP contribution is 2.29. The molecule has 0 saturated heterocycles. The zero-order chi connectivity index (χ0) is 13.3. The molecule has 0 spiro atoms. The summed E-state index contributed by atoms with van der Waals surface area (Å²) in [5.41, 5.74) is 1.71. The van der Waals surface area contributed by atoms with Gasteiger partial charge in [0.15, 0.2) is 0 Å². The Labute approximate surface area is 115 Å². The molecule has 1 aromatic heterocycles. The molecule has 0 aliphatic heterocycles. The van der Waals surface area contributed by atoms with Crippen molar-refractivity contribution in [1.82, 2.24) is 10.2 Å². The Kier molecular flexibility index (Phi) is 4.15. The standard InChI is InChI=1S/C15H26N2S/c1-11-12(10-17(5)13-6-7-13)8-14(18-11)9-16-15(2,3)4/h8,13,16H,6-7,9-10H2,1-5H3. The molecule has 1 heterocycles. The second kappa shape index (κ2) is 5.32. The lowest BCUT2D eigenvalue weighted by Gasteiger charge is -2.19. The van der Waals surface area contributed by atoms with Crippen LogP contribution in [-0.2, 0) is 13.1 Å². The second-order valence-corrected chi connectivity index (χ2v) is 7.88. The van der Waals surface area contributed by atoms with E-state index in [1.165, 1.54) is 28.2 Å². The maximum absolute atomic E-state index is 3.56. The van der Waals surface area contributed by atoms with Crippen molar-refractivity contribution in [2.75, 3.05) is 7.05 Å². The van der Waals surface area contributed by atoms with E-state index in [2.05, 4.69) is 51.0 Å². The summed E-state index contributed by atoms with van der Waals surface area (Å²) in [7, 11) is 2.25. The fourth-order valence-electron chi connectivity index (χ4n) is 2.10. The van der Waals surface area contributed by atoms with Crippen LogP contribution in [0.25, 0.3) is 0 Å². The summed E-state index contributed by atoms with van der Waals surface area (Å²) >= 11 is 1.94. The van der Waals surface area contributed by atoms with Crippen molar-refractivity contribution in [1.29, 1.82) is 0 Å². The quantitative estimate of drug-likeness (QED) is 0.877. The largest absolute Gasteiger partial charge is 0.307 e. The van der Waals surface area contributed by atoms with Crippen LogP contribution >= 0.6 is 11.3 Å². The summed E-state index contributed by atoms with van der Waals surface area (Å²) in [6, 6.07) is 3.23. The fraction of sp³-hybridized carbons (Fsp3) is 0.733. The average molecular weight is 266 g/mol. The van der Waals surface area contributed by atoms with Crippen LogP contribution < -0.4 is 5.32 Å². The lowest BCUT2D eigenvalue weighted by Crippen LogP contribution is -2.34. The van der Waals surface area contributed by atoms with Crippen molar-refractivity contribution < 1.29 is 0 Å². The van der Waals surface area contributed by atoms with Crippen LogP contribution in [0.4, 0.5) is 0 Å². The molecule has 0 aromatic carbocycles. The molecule has 0 amide bonds. The Morgan fingerprint density at radius 2 is 2.06 bits per heavy atom. The van der Waals surface area contributed by atoms with Crippen molar-refractivity contribution >= 4 is 11.3 Å². The van der Waals surface area contributed by atoms with Gasteiger partial charge in [0.1, 0.15) is 0 Å². The minimum absolute atomic E-state index is 0.197. The number of hydrogen-bond acceptors (Lipinski definition) is 3. The molecular weight excluding hydrogens is 240 g/mol. The van der Waals surface area contributed by atoms with Crippen LogP contribution in [-0.4, -0.2) is 23.5 Å². The molecule has 1 aromatic rings. The number of thiophene rings is 1. The molecular formula is C15H26N2S. The van der Waals surface area contributed by atoms with E-state index in [4.69, 9.17) is 0 Å². The van der Waals surface area contributed by atoms with Gasteiger partial charge in [-0.25, -0.2) is 0 Å². The highest BCUT2D eigenvalue weighted by atomic mass is 32.1. The van der Waals surface area contributed by atoms with E-state index in [-0.39, 0.29) is 5.54 Å². The van der Waals surface area contributed by atoms with Gasteiger partial charge in [0.2, 0.25) is 0 Å². The number of nitrogens with zero attached hydrogens (tertiary/aromatic N) is 1. The Morgan fingerprint density at radius 3 is 2.61 bits per heavy atom.